The van der Waals surface area contributed by atoms with E-state index in [-0.39, 0.29) is 10.9 Å². The number of nitrogens with one attached hydrogen (secondary N) is 1. The van der Waals surface area contributed by atoms with E-state index in [0.29, 0.717) is 37.3 Å². The van der Waals surface area contributed by atoms with E-state index in [1.807, 2.05) is 42.6 Å². The molecule has 0 bridgehead atoms. The lowest BCUT2D eigenvalue weighted by atomic mass is 9.88. The molecule has 1 aliphatic rings. The van der Waals surface area contributed by atoms with Gasteiger partial charge in [0.15, 0.2) is 5.03 Å². The molecular formula is C25H27N5O3S. The first-order valence-electron chi connectivity index (χ1n) is 11.3. The molecule has 1 fully saturated rings. The van der Waals surface area contributed by atoms with Crippen molar-refractivity contribution in [1.82, 2.24) is 18.8 Å². The number of imidazole rings is 1. The smallest absolute Gasteiger partial charge is 0.262 e. The van der Waals surface area contributed by atoms with Crippen LogP contribution in [-0.2, 0) is 17.1 Å². The summed E-state index contributed by atoms with van der Waals surface area (Å²) in [5, 5.41) is 1.05. The van der Waals surface area contributed by atoms with Crippen LogP contribution in [0.1, 0.15) is 40.5 Å². The number of hydrogen-bond acceptors (Lipinski definition) is 4. The molecule has 1 saturated heterocycles. The Morgan fingerprint density at radius 2 is 1.82 bits per heavy atom. The molecule has 2 aromatic heterocycles. The lowest BCUT2D eigenvalue weighted by molar-refractivity contribution is 0.100. The molecule has 3 N–H and O–H groups in total. The van der Waals surface area contributed by atoms with Crippen molar-refractivity contribution in [2.75, 3.05) is 13.1 Å². The van der Waals surface area contributed by atoms with Crippen LogP contribution in [0.3, 0.4) is 0 Å². The van der Waals surface area contributed by atoms with E-state index < -0.39 is 15.9 Å². The SMILES string of the molecule is Cc1nc(S(=O)(=O)N2CCC(c3c[nH]c4c(C(N)=O)cc(-c5ccccc5)cc34)CC2)cn1C. The molecule has 3 heterocycles. The maximum atomic E-state index is 13.1. The number of rotatable bonds is 5. The molecule has 0 radical (unpaired) electrons. The summed E-state index contributed by atoms with van der Waals surface area (Å²) in [7, 11) is -1.84. The first-order valence-corrected chi connectivity index (χ1v) is 12.7. The topological polar surface area (TPSA) is 114 Å². The lowest BCUT2D eigenvalue weighted by Crippen LogP contribution is -2.38. The first-order chi connectivity index (χ1) is 16.3. The standard InChI is InChI=1S/C25H27N5O3S/c1-16-28-23(15-29(16)2)34(32,33)30-10-8-18(9-11-30)22-14-27-24-20(22)12-19(13-21(24)25(26)31)17-6-4-3-5-7-17/h3-7,12-15,18,27H,8-11H2,1-2H3,(H2,26,31). The number of aryl methyl sites for hydroxylation is 2. The van der Waals surface area contributed by atoms with Crippen molar-refractivity contribution < 1.29 is 13.2 Å². The second kappa shape index (κ2) is 8.41. The number of primary amides is 1. The molecule has 0 saturated carbocycles. The quantitative estimate of drug-likeness (QED) is 0.457. The van der Waals surface area contributed by atoms with Crippen LogP contribution < -0.4 is 5.73 Å². The van der Waals surface area contributed by atoms with Gasteiger partial charge in [-0.25, -0.2) is 13.4 Å². The van der Waals surface area contributed by atoms with Gasteiger partial charge < -0.3 is 15.3 Å². The van der Waals surface area contributed by atoms with E-state index in [0.717, 1.165) is 27.6 Å². The Bertz CT molecular complexity index is 1460. The summed E-state index contributed by atoms with van der Waals surface area (Å²) in [6.07, 6.45) is 4.86. The predicted molar refractivity (Wildman–Crippen MR) is 131 cm³/mol. The van der Waals surface area contributed by atoms with Crippen molar-refractivity contribution in [2.24, 2.45) is 12.8 Å². The van der Waals surface area contributed by atoms with Gasteiger partial charge in [0.1, 0.15) is 5.82 Å². The van der Waals surface area contributed by atoms with Crippen LogP contribution in [-0.4, -0.2) is 46.3 Å². The van der Waals surface area contributed by atoms with Crippen molar-refractivity contribution in [3.63, 3.8) is 0 Å². The van der Waals surface area contributed by atoms with Crippen LogP contribution in [0.4, 0.5) is 0 Å². The summed E-state index contributed by atoms with van der Waals surface area (Å²) < 4.78 is 29.4. The minimum atomic E-state index is -3.63. The number of carbonyl (C=O) groups is 1. The Balaban J connectivity index is 1.45. The highest BCUT2D eigenvalue weighted by atomic mass is 32.2. The highest BCUT2D eigenvalue weighted by Gasteiger charge is 2.32. The Labute approximate surface area is 198 Å². The van der Waals surface area contributed by atoms with E-state index in [1.165, 1.54) is 4.31 Å². The normalized spacial score (nSPS) is 15.7. The van der Waals surface area contributed by atoms with Crippen LogP contribution in [0.5, 0.6) is 0 Å². The number of sulfonamides is 1. The van der Waals surface area contributed by atoms with Crippen molar-refractivity contribution in [3.8, 4) is 11.1 Å². The van der Waals surface area contributed by atoms with E-state index >= 15 is 0 Å². The molecule has 1 aliphatic heterocycles. The summed E-state index contributed by atoms with van der Waals surface area (Å²) in [4.78, 5) is 19.7. The molecule has 1 amide bonds. The number of carbonyl (C=O) groups excluding carboxylic acids is 1. The van der Waals surface area contributed by atoms with Crippen molar-refractivity contribution in [2.45, 2.75) is 30.7 Å². The minimum Gasteiger partial charge on any atom is -0.366 e. The van der Waals surface area contributed by atoms with Gasteiger partial charge >= 0.3 is 0 Å². The van der Waals surface area contributed by atoms with E-state index in [9.17, 15) is 13.2 Å². The van der Waals surface area contributed by atoms with Crippen LogP contribution in [0.15, 0.2) is 59.9 Å². The third-order valence-corrected chi connectivity index (χ3v) is 8.55. The van der Waals surface area contributed by atoms with Gasteiger partial charge in [0.25, 0.3) is 15.9 Å². The Morgan fingerprint density at radius 3 is 2.44 bits per heavy atom. The maximum absolute atomic E-state index is 13.1. The highest BCUT2D eigenvalue weighted by Crippen LogP contribution is 2.37. The molecule has 8 nitrogen and oxygen atoms in total. The third-order valence-electron chi connectivity index (χ3n) is 6.78. The number of piperidine rings is 1. The Hall–Kier alpha value is -3.43. The van der Waals surface area contributed by atoms with Gasteiger partial charge in [-0.15, -0.1) is 0 Å². The number of benzene rings is 2. The molecule has 5 rings (SSSR count). The van der Waals surface area contributed by atoms with Gasteiger partial charge in [-0.1, -0.05) is 30.3 Å². The summed E-state index contributed by atoms with van der Waals surface area (Å²) in [6, 6.07) is 13.8. The molecule has 9 heteroatoms. The Kier molecular flexibility index (Phi) is 5.53. The fraction of sp³-hybridized carbons (Fsp3) is 0.280. The van der Waals surface area contributed by atoms with Crippen molar-refractivity contribution >= 4 is 26.8 Å². The summed E-state index contributed by atoms with van der Waals surface area (Å²) in [5.41, 5.74) is 9.90. The maximum Gasteiger partial charge on any atom is 0.262 e. The fourth-order valence-corrected chi connectivity index (χ4v) is 6.27. The molecule has 0 aliphatic carbocycles. The summed E-state index contributed by atoms with van der Waals surface area (Å²) in [6.45, 7) is 2.61. The number of aromatic amines is 1. The van der Waals surface area contributed by atoms with Gasteiger partial charge in [-0.05, 0) is 54.5 Å². The van der Waals surface area contributed by atoms with Gasteiger partial charge in [0, 0.05) is 37.9 Å². The van der Waals surface area contributed by atoms with Crippen LogP contribution >= 0.6 is 0 Å². The molecule has 4 aromatic rings. The zero-order chi connectivity index (χ0) is 24.0. The highest BCUT2D eigenvalue weighted by molar-refractivity contribution is 7.89. The molecule has 0 spiro atoms. The van der Waals surface area contributed by atoms with Crippen molar-refractivity contribution in [3.05, 3.63) is 71.8 Å². The van der Waals surface area contributed by atoms with E-state index in [2.05, 4.69) is 16.0 Å². The second-order valence-corrected chi connectivity index (χ2v) is 10.7. The number of nitrogens with zero attached hydrogens (tertiary/aromatic N) is 3. The van der Waals surface area contributed by atoms with Crippen LogP contribution in [0, 0.1) is 6.92 Å². The summed E-state index contributed by atoms with van der Waals surface area (Å²) in [5.74, 6) is 0.340. The number of amides is 1. The number of H-pyrrole nitrogens is 1. The van der Waals surface area contributed by atoms with Crippen molar-refractivity contribution in [1.29, 1.82) is 0 Å². The molecule has 176 valence electrons. The molecular weight excluding hydrogens is 450 g/mol. The monoisotopic (exact) mass is 477 g/mol. The van der Waals surface area contributed by atoms with Gasteiger partial charge in [-0.3, -0.25) is 4.79 Å². The van der Waals surface area contributed by atoms with Gasteiger partial charge in [0.2, 0.25) is 0 Å². The number of aromatic nitrogens is 3. The largest absolute Gasteiger partial charge is 0.366 e. The minimum absolute atomic E-state index is 0.0941. The molecule has 0 unspecified atom stereocenters. The number of fused-ring (bicyclic) bond motifs is 1. The van der Waals surface area contributed by atoms with Gasteiger partial charge in [0.05, 0.1) is 11.1 Å². The fourth-order valence-electron chi connectivity index (χ4n) is 4.77. The Morgan fingerprint density at radius 1 is 1.12 bits per heavy atom. The van der Waals surface area contributed by atoms with Gasteiger partial charge in [-0.2, -0.15) is 4.31 Å². The van der Waals surface area contributed by atoms with E-state index in [4.69, 9.17) is 5.73 Å². The average molecular weight is 478 g/mol. The zero-order valence-corrected chi connectivity index (χ0v) is 20.0. The molecule has 34 heavy (non-hydrogen) atoms. The average Bonchev–Trinajstić information content (AvgIpc) is 3.42. The third kappa shape index (κ3) is 3.80. The van der Waals surface area contributed by atoms with Crippen LogP contribution in [0.25, 0.3) is 22.0 Å². The lowest BCUT2D eigenvalue weighted by Gasteiger charge is -2.30. The predicted octanol–water partition coefficient (Wildman–Crippen LogP) is 3.54. The second-order valence-electron chi connectivity index (χ2n) is 8.84. The van der Waals surface area contributed by atoms with Crippen LogP contribution in [0.2, 0.25) is 0 Å². The molecule has 0 atom stereocenters. The van der Waals surface area contributed by atoms with E-state index in [1.54, 1.807) is 24.7 Å². The number of hydrogen-bond donors (Lipinski definition) is 2. The number of nitrogens with two attached hydrogens (primary N) is 1. The summed E-state index contributed by atoms with van der Waals surface area (Å²) >= 11 is 0. The zero-order valence-electron chi connectivity index (χ0n) is 19.2. The molecule has 2 aromatic carbocycles. The first kappa shape index (κ1) is 22.4.